The van der Waals surface area contributed by atoms with Crippen LogP contribution in [0.25, 0.3) is 0 Å². The highest BCUT2D eigenvalue weighted by molar-refractivity contribution is 5.25. The van der Waals surface area contributed by atoms with Crippen molar-refractivity contribution < 1.29 is 5.48 Å². The maximum absolute atomic E-state index is 10.4. The number of nitrogen functional groups attached to an aromatic ring is 2. The molecule has 2 heterocycles. The van der Waals surface area contributed by atoms with Gasteiger partial charge < -0.3 is 26.9 Å². The summed E-state index contributed by atoms with van der Waals surface area (Å²) in [5.41, 5.74) is 10.1. The van der Waals surface area contributed by atoms with Crippen LogP contribution in [0, 0.1) is 0 Å². The van der Waals surface area contributed by atoms with Crippen LogP contribution in [-0.2, 0) is 0 Å². The van der Waals surface area contributed by atoms with Gasteiger partial charge in [-0.05, 0) is 12.1 Å². The molecule has 7 nitrogen and oxygen atoms in total. The van der Waals surface area contributed by atoms with E-state index in [4.69, 9.17) is 11.5 Å². The average molecular weight is 238 g/mol. The topological polar surface area (TPSA) is 149 Å². The second-order valence-electron chi connectivity index (χ2n) is 2.94. The number of rotatable bonds is 0. The summed E-state index contributed by atoms with van der Waals surface area (Å²) in [6.07, 6.45) is 0. The number of H-pyrrole nitrogens is 2. The van der Waals surface area contributed by atoms with Gasteiger partial charge in [-0.3, -0.25) is 9.59 Å². The molecule has 0 amide bonds. The zero-order chi connectivity index (χ0) is 12.0. The summed E-state index contributed by atoms with van der Waals surface area (Å²) in [5, 5.41) is 0. The normalized spacial score (nSPS) is 8.47. The Labute approximate surface area is 96.4 Å². The number of anilines is 2. The Kier molecular flexibility index (Phi) is 5.83. The van der Waals surface area contributed by atoms with Gasteiger partial charge in [0, 0.05) is 12.1 Å². The Morgan fingerprint density at radius 1 is 0.765 bits per heavy atom. The lowest BCUT2D eigenvalue weighted by Crippen LogP contribution is -2.04. The molecule has 0 aliphatic rings. The van der Waals surface area contributed by atoms with Crippen LogP contribution in [0.1, 0.15) is 0 Å². The van der Waals surface area contributed by atoms with Crippen LogP contribution >= 0.6 is 0 Å². The SMILES string of the molecule is Nc1cccc(=O)[nH]1.Nc1cccc(=O)[nH]1.O. The van der Waals surface area contributed by atoms with E-state index in [0.29, 0.717) is 11.6 Å². The second kappa shape index (κ2) is 6.85. The molecule has 0 aliphatic carbocycles. The third kappa shape index (κ3) is 5.80. The van der Waals surface area contributed by atoms with Crippen molar-refractivity contribution in [2.24, 2.45) is 0 Å². The molecular formula is C10H14N4O3. The minimum absolute atomic E-state index is 0. The van der Waals surface area contributed by atoms with E-state index in [-0.39, 0.29) is 16.6 Å². The molecule has 17 heavy (non-hydrogen) atoms. The summed E-state index contributed by atoms with van der Waals surface area (Å²) in [7, 11) is 0. The predicted molar refractivity (Wildman–Crippen MR) is 66.6 cm³/mol. The van der Waals surface area contributed by atoms with Crippen molar-refractivity contribution in [1.82, 2.24) is 9.97 Å². The highest BCUT2D eigenvalue weighted by Crippen LogP contribution is 1.85. The van der Waals surface area contributed by atoms with Crippen molar-refractivity contribution in [3.63, 3.8) is 0 Å². The third-order valence-electron chi connectivity index (χ3n) is 1.58. The molecule has 0 atom stereocenters. The zero-order valence-electron chi connectivity index (χ0n) is 8.94. The highest BCUT2D eigenvalue weighted by atomic mass is 16.1. The van der Waals surface area contributed by atoms with Gasteiger partial charge in [-0.25, -0.2) is 0 Å². The Bertz CT molecular complexity index is 510. The fourth-order valence-electron chi connectivity index (χ4n) is 0.930. The molecule has 0 bridgehead atoms. The van der Waals surface area contributed by atoms with Crippen LogP contribution < -0.4 is 22.6 Å². The van der Waals surface area contributed by atoms with Crippen molar-refractivity contribution in [1.29, 1.82) is 0 Å². The summed E-state index contributed by atoms with van der Waals surface area (Å²) in [4.78, 5) is 25.5. The van der Waals surface area contributed by atoms with Crippen LogP contribution in [-0.4, -0.2) is 15.4 Å². The first kappa shape index (κ1) is 14.5. The molecular weight excluding hydrogens is 224 g/mol. The van der Waals surface area contributed by atoms with Gasteiger partial charge in [0.05, 0.1) is 0 Å². The van der Waals surface area contributed by atoms with E-state index in [0.717, 1.165) is 0 Å². The second-order valence-corrected chi connectivity index (χ2v) is 2.94. The van der Waals surface area contributed by atoms with Gasteiger partial charge in [0.1, 0.15) is 11.6 Å². The first-order valence-corrected chi connectivity index (χ1v) is 4.47. The molecule has 0 unspecified atom stereocenters. The standard InChI is InChI=1S/2C5H6N2O.H2O/c2*6-4-2-1-3-5(8)7-4;/h2*1-3H,(H3,6,7,8);1H2. The lowest BCUT2D eigenvalue weighted by atomic mass is 10.5. The number of nitrogens with two attached hydrogens (primary N) is 2. The van der Waals surface area contributed by atoms with Crippen molar-refractivity contribution in [2.45, 2.75) is 0 Å². The van der Waals surface area contributed by atoms with Crippen molar-refractivity contribution in [3.05, 3.63) is 57.1 Å². The average Bonchev–Trinajstić information content (AvgIpc) is 2.17. The molecule has 2 aromatic heterocycles. The minimum atomic E-state index is -0.162. The predicted octanol–water partition coefficient (Wildman–Crippen LogP) is -0.911. The van der Waals surface area contributed by atoms with Gasteiger partial charge in [0.15, 0.2) is 0 Å². The van der Waals surface area contributed by atoms with E-state index in [2.05, 4.69) is 9.97 Å². The number of aromatic amines is 2. The van der Waals surface area contributed by atoms with Crippen LogP contribution in [0.4, 0.5) is 11.6 Å². The van der Waals surface area contributed by atoms with Gasteiger partial charge in [-0.1, -0.05) is 12.1 Å². The van der Waals surface area contributed by atoms with Crippen LogP contribution in [0.15, 0.2) is 46.0 Å². The molecule has 0 saturated carbocycles. The van der Waals surface area contributed by atoms with E-state index in [1.165, 1.54) is 12.1 Å². The molecule has 0 radical (unpaired) electrons. The fourth-order valence-corrected chi connectivity index (χ4v) is 0.930. The minimum Gasteiger partial charge on any atom is -0.412 e. The molecule has 2 rings (SSSR count). The molecule has 0 aliphatic heterocycles. The van der Waals surface area contributed by atoms with Crippen molar-refractivity contribution in [2.75, 3.05) is 11.5 Å². The zero-order valence-corrected chi connectivity index (χ0v) is 8.94. The largest absolute Gasteiger partial charge is 0.412 e. The molecule has 7 heteroatoms. The molecule has 8 N–H and O–H groups in total. The van der Waals surface area contributed by atoms with Gasteiger partial charge >= 0.3 is 0 Å². The lowest BCUT2D eigenvalue weighted by molar-refractivity contribution is 0.824. The van der Waals surface area contributed by atoms with Crippen LogP contribution in [0.3, 0.4) is 0 Å². The van der Waals surface area contributed by atoms with Gasteiger partial charge in [0.25, 0.3) is 0 Å². The summed E-state index contributed by atoms with van der Waals surface area (Å²) in [6.45, 7) is 0. The number of nitrogens with one attached hydrogen (secondary N) is 2. The van der Waals surface area contributed by atoms with Crippen LogP contribution in [0.2, 0.25) is 0 Å². The van der Waals surface area contributed by atoms with Crippen molar-refractivity contribution >= 4 is 11.6 Å². The third-order valence-corrected chi connectivity index (χ3v) is 1.58. The van der Waals surface area contributed by atoms with Gasteiger partial charge in [-0.15, -0.1) is 0 Å². The summed E-state index contributed by atoms with van der Waals surface area (Å²) in [5.74, 6) is 0.801. The first-order chi connectivity index (χ1) is 7.58. The maximum Gasteiger partial charge on any atom is 0.249 e. The number of pyridine rings is 2. The van der Waals surface area contributed by atoms with Gasteiger partial charge in [-0.2, -0.15) is 0 Å². The maximum atomic E-state index is 10.4. The van der Waals surface area contributed by atoms with E-state index < -0.39 is 0 Å². The van der Waals surface area contributed by atoms with E-state index in [1.807, 2.05) is 0 Å². The smallest absolute Gasteiger partial charge is 0.249 e. The first-order valence-electron chi connectivity index (χ1n) is 4.47. The molecule has 2 aromatic rings. The number of hydrogen-bond donors (Lipinski definition) is 4. The van der Waals surface area contributed by atoms with Gasteiger partial charge in [0.2, 0.25) is 11.1 Å². The Morgan fingerprint density at radius 2 is 1.12 bits per heavy atom. The Hall–Kier alpha value is -2.54. The quantitative estimate of drug-likeness (QED) is 0.469. The van der Waals surface area contributed by atoms with Crippen molar-refractivity contribution in [3.8, 4) is 0 Å². The molecule has 0 saturated heterocycles. The monoisotopic (exact) mass is 238 g/mol. The fraction of sp³-hybridized carbons (Fsp3) is 0. The van der Waals surface area contributed by atoms with E-state index in [1.54, 1.807) is 24.3 Å². The summed E-state index contributed by atoms with van der Waals surface area (Å²) in [6, 6.07) is 9.29. The Morgan fingerprint density at radius 3 is 1.29 bits per heavy atom. The number of hydrogen-bond acceptors (Lipinski definition) is 4. The highest BCUT2D eigenvalue weighted by Gasteiger charge is 1.80. The Balaban J connectivity index is 0.000000284. The van der Waals surface area contributed by atoms with E-state index in [9.17, 15) is 9.59 Å². The molecule has 0 spiro atoms. The van der Waals surface area contributed by atoms with E-state index >= 15 is 0 Å². The summed E-state index contributed by atoms with van der Waals surface area (Å²) >= 11 is 0. The lowest BCUT2D eigenvalue weighted by Gasteiger charge is -1.85. The molecule has 0 fully saturated rings. The molecule has 92 valence electrons. The summed E-state index contributed by atoms with van der Waals surface area (Å²) < 4.78 is 0. The van der Waals surface area contributed by atoms with Crippen LogP contribution in [0.5, 0.6) is 0 Å². The molecule has 0 aromatic carbocycles. The number of aromatic nitrogens is 2.